The molecule has 0 saturated heterocycles. The lowest BCUT2D eigenvalue weighted by Gasteiger charge is -2.27. The molecular weight excluding hydrogens is 294 g/mol. The van der Waals surface area contributed by atoms with Crippen molar-refractivity contribution >= 4 is 15.9 Å². The molecule has 1 aliphatic rings. The van der Waals surface area contributed by atoms with Crippen molar-refractivity contribution in [1.82, 2.24) is 0 Å². The molecule has 0 aliphatic heterocycles. The summed E-state index contributed by atoms with van der Waals surface area (Å²) < 4.78 is 12.5. The lowest BCUT2D eigenvalue weighted by atomic mass is 9.87. The first-order chi connectivity index (χ1) is 8.69. The van der Waals surface area contributed by atoms with Gasteiger partial charge in [0.2, 0.25) is 0 Å². The molecule has 0 unspecified atom stereocenters. The van der Waals surface area contributed by atoms with Crippen molar-refractivity contribution in [2.24, 2.45) is 5.73 Å². The maximum Gasteiger partial charge on any atom is 0.166 e. The fourth-order valence-corrected chi connectivity index (χ4v) is 3.13. The van der Waals surface area contributed by atoms with Crippen molar-refractivity contribution < 1.29 is 9.47 Å². The number of hydrogen-bond acceptors (Lipinski definition) is 3. The van der Waals surface area contributed by atoms with E-state index in [1.807, 2.05) is 19.9 Å². The van der Waals surface area contributed by atoms with Crippen LogP contribution in [0.1, 0.15) is 43.9 Å². The summed E-state index contributed by atoms with van der Waals surface area (Å²) in [6, 6.07) is 2.05. The van der Waals surface area contributed by atoms with Crippen molar-refractivity contribution in [1.29, 1.82) is 0 Å². The average molecular weight is 314 g/mol. The highest BCUT2D eigenvalue weighted by Crippen LogP contribution is 2.45. The molecule has 3 nitrogen and oxygen atoms in total. The van der Waals surface area contributed by atoms with Crippen LogP contribution in [0.25, 0.3) is 0 Å². The summed E-state index contributed by atoms with van der Waals surface area (Å²) in [7, 11) is 0. The van der Waals surface area contributed by atoms with E-state index in [0.29, 0.717) is 13.2 Å². The van der Waals surface area contributed by atoms with Crippen LogP contribution >= 0.6 is 15.9 Å². The molecule has 2 N–H and O–H groups in total. The zero-order valence-electron chi connectivity index (χ0n) is 11.0. The minimum Gasteiger partial charge on any atom is -0.490 e. The highest BCUT2D eigenvalue weighted by molar-refractivity contribution is 9.10. The molecule has 0 radical (unpaired) electrons. The van der Waals surface area contributed by atoms with Crippen LogP contribution < -0.4 is 15.2 Å². The Bertz CT molecular complexity index is 434. The minimum atomic E-state index is 0.0482. The van der Waals surface area contributed by atoms with Gasteiger partial charge < -0.3 is 15.2 Å². The van der Waals surface area contributed by atoms with Gasteiger partial charge in [-0.05, 0) is 44.7 Å². The first kappa shape index (κ1) is 13.7. The third-order valence-electron chi connectivity index (χ3n) is 3.24. The second-order valence-corrected chi connectivity index (χ2v) is 5.30. The van der Waals surface area contributed by atoms with E-state index in [1.165, 1.54) is 5.56 Å². The Balaban J connectivity index is 2.56. The van der Waals surface area contributed by atoms with E-state index < -0.39 is 0 Å². The third-order valence-corrected chi connectivity index (χ3v) is 3.95. The summed E-state index contributed by atoms with van der Waals surface area (Å²) in [5.74, 6) is 1.63. The van der Waals surface area contributed by atoms with Crippen LogP contribution in [0.15, 0.2) is 10.5 Å². The Hall–Kier alpha value is -0.740. The largest absolute Gasteiger partial charge is 0.490 e. The SMILES string of the molecule is CCOc1cc(Br)c2c(c1OCC)[C@H](N)CCC2. The summed E-state index contributed by atoms with van der Waals surface area (Å²) in [6.45, 7) is 5.21. The summed E-state index contributed by atoms with van der Waals surface area (Å²) in [5.41, 5.74) is 8.66. The van der Waals surface area contributed by atoms with E-state index in [1.54, 1.807) is 0 Å². The molecule has 100 valence electrons. The van der Waals surface area contributed by atoms with Gasteiger partial charge in [-0.2, -0.15) is 0 Å². The number of benzene rings is 1. The Morgan fingerprint density at radius 2 is 2.06 bits per heavy atom. The van der Waals surface area contributed by atoms with Crippen molar-refractivity contribution in [3.63, 3.8) is 0 Å². The van der Waals surface area contributed by atoms with Crippen LogP contribution in [0.5, 0.6) is 11.5 Å². The number of rotatable bonds is 4. The lowest BCUT2D eigenvalue weighted by Crippen LogP contribution is -2.20. The van der Waals surface area contributed by atoms with Gasteiger partial charge in [0.15, 0.2) is 11.5 Å². The summed E-state index contributed by atoms with van der Waals surface area (Å²) in [6.07, 6.45) is 3.19. The van der Waals surface area contributed by atoms with Gasteiger partial charge in [0.25, 0.3) is 0 Å². The highest BCUT2D eigenvalue weighted by Gasteiger charge is 2.26. The van der Waals surface area contributed by atoms with Crippen LogP contribution in [-0.4, -0.2) is 13.2 Å². The molecule has 4 heteroatoms. The van der Waals surface area contributed by atoms with Crippen LogP contribution in [-0.2, 0) is 6.42 Å². The Morgan fingerprint density at radius 3 is 2.72 bits per heavy atom. The zero-order chi connectivity index (χ0) is 13.1. The molecule has 0 spiro atoms. The molecule has 1 aromatic rings. The van der Waals surface area contributed by atoms with E-state index in [-0.39, 0.29) is 6.04 Å². The van der Waals surface area contributed by atoms with Gasteiger partial charge >= 0.3 is 0 Å². The number of nitrogens with two attached hydrogens (primary N) is 1. The molecule has 0 fully saturated rings. The third kappa shape index (κ3) is 2.50. The van der Waals surface area contributed by atoms with Crippen molar-refractivity contribution in [2.45, 2.75) is 39.2 Å². The molecule has 0 aromatic heterocycles. The van der Waals surface area contributed by atoms with Crippen LogP contribution in [0.2, 0.25) is 0 Å². The molecule has 1 atom stereocenters. The van der Waals surface area contributed by atoms with E-state index in [9.17, 15) is 0 Å². The maximum atomic E-state index is 6.25. The van der Waals surface area contributed by atoms with Crippen LogP contribution in [0.4, 0.5) is 0 Å². The highest BCUT2D eigenvalue weighted by atomic mass is 79.9. The zero-order valence-corrected chi connectivity index (χ0v) is 12.5. The van der Waals surface area contributed by atoms with Crippen molar-refractivity contribution in [3.8, 4) is 11.5 Å². The average Bonchev–Trinajstić information content (AvgIpc) is 2.35. The smallest absolute Gasteiger partial charge is 0.166 e. The van der Waals surface area contributed by atoms with Gasteiger partial charge in [-0.3, -0.25) is 0 Å². The molecule has 18 heavy (non-hydrogen) atoms. The Morgan fingerprint density at radius 1 is 1.33 bits per heavy atom. The molecular formula is C14H20BrNO2. The fraction of sp³-hybridized carbons (Fsp3) is 0.571. The number of halogens is 1. The van der Waals surface area contributed by atoms with Gasteiger partial charge in [0.1, 0.15) is 0 Å². The molecule has 2 rings (SSSR count). The normalized spacial score (nSPS) is 18.3. The summed E-state index contributed by atoms with van der Waals surface area (Å²) in [4.78, 5) is 0. The van der Waals surface area contributed by atoms with E-state index in [2.05, 4.69) is 15.9 Å². The molecule has 0 heterocycles. The predicted octanol–water partition coefficient (Wildman–Crippen LogP) is 3.58. The van der Waals surface area contributed by atoms with Gasteiger partial charge in [-0.15, -0.1) is 0 Å². The predicted molar refractivity (Wildman–Crippen MR) is 76.3 cm³/mol. The van der Waals surface area contributed by atoms with Gasteiger partial charge in [-0.1, -0.05) is 15.9 Å². The second-order valence-electron chi connectivity index (χ2n) is 4.44. The number of fused-ring (bicyclic) bond motifs is 1. The maximum absolute atomic E-state index is 6.25. The van der Waals surface area contributed by atoms with Crippen molar-refractivity contribution in [3.05, 3.63) is 21.7 Å². The Labute approximate surface area is 117 Å². The summed E-state index contributed by atoms with van der Waals surface area (Å²) >= 11 is 3.62. The van der Waals surface area contributed by atoms with Crippen LogP contribution in [0.3, 0.4) is 0 Å². The standard InChI is InChI=1S/C14H20BrNO2/c1-3-17-12-8-10(15)9-6-5-7-11(16)13(9)14(12)18-4-2/h8,11H,3-7,16H2,1-2H3/t11-/m1/s1. The van der Waals surface area contributed by atoms with Gasteiger partial charge in [0.05, 0.1) is 13.2 Å². The lowest BCUT2D eigenvalue weighted by molar-refractivity contribution is 0.281. The first-order valence-electron chi connectivity index (χ1n) is 6.55. The fourth-order valence-electron chi connectivity index (χ4n) is 2.51. The Kier molecular flexibility index (Phi) is 4.51. The number of ether oxygens (including phenoxy) is 2. The molecule has 1 aliphatic carbocycles. The monoisotopic (exact) mass is 313 g/mol. The molecule has 1 aromatic carbocycles. The minimum absolute atomic E-state index is 0.0482. The second kappa shape index (κ2) is 5.93. The summed E-state index contributed by atoms with van der Waals surface area (Å²) in [5, 5.41) is 0. The van der Waals surface area contributed by atoms with Gasteiger partial charge in [0, 0.05) is 16.1 Å². The molecule has 0 saturated carbocycles. The van der Waals surface area contributed by atoms with E-state index in [4.69, 9.17) is 15.2 Å². The molecule has 0 bridgehead atoms. The van der Waals surface area contributed by atoms with Gasteiger partial charge in [-0.25, -0.2) is 0 Å². The van der Waals surface area contributed by atoms with Crippen LogP contribution in [0, 0.1) is 0 Å². The number of hydrogen-bond donors (Lipinski definition) is 1. The van der Waals surface area contributed by atoms with Crippen molar-refractivity contribution in [2.75, 3.05) is 13.2 Å². The van der Waals surface area contributed by atoms with E-state index in [0.717, 1.165) is 40.8 Å². The van der Waals surface area contributed by atoms with E-state index >= 15 is 0 Å². The first-order valence-corrected chi connectivity index (χ1v) is 7.34. The topological polar surface area (TPSA) is 44.5 Å². The quantitative estimate of drug-likeness (QED) is 0.924. The molecule has 0 amide bonds.